The predicted octanol–water partition coefficient (Wildman–Crippen LogP) is 3.68. The van der Waals surface area contributed by atoms with Gasteiger partial charge in [0.15, 0.2) is 16.7 Å². The van der Waals surface area contributed by atoms with Crippen molar-refractivity contribution in [2.24, 2.45) is 7.05 Å². The van der Waals surface area contributed by atoms with Crippen LogP contribution in [0.2, 0.25) is 0 Å². The van der Waals surface area contributed by atoms with E-state index in [4.69, 9.17) is 14.1 Å². The number of hydrogen-bond donors (Lipinski definition) is 2. The van der Waals surface area contributed by atoms with Gasteiger partial charge < -0.3 is 19.2 Å². The van der Waals surface area contributed by atoms with Crippen molar-refractivity contribution in [3.63, 3.8) is 0 Å². The van der Waals surface area contributed by atoms with Gasteiger partial charge in [0.05, 0.1) is 12.7 Å². The second-order valence-corrected chi connectivity index (χ2v) is 7.46. The molecule has 0 spiro atoms. The van der Waals surface area contributed by atoms with Gasteiger partial charge in [-0.05, 0) is 36.4 Å². The van der Waals surface area contributed by atoms with Crippen molar-refractivity contribution in [1.29, 1.82) is 0 Å². The maximum Gasteiger partial charge on any atom is 0.256 e. The molecular formula is C23H16N4O4. The fourth-order valence-corrected chi connectivity index (χ4v) is 4.12. The van der Waals surface area contributed by atoms with Crippen LogP contribution in [0.15, 0.2) is 62.7 Å². The Morgan fingerprint density at radius 1 is 1.06 bits per heavy atom. The van der Waals surface area contributed by atoms with E-state index < -0.39 is 0 Å². The van der Waals surface area contributed by atoms with Crippen LogP contribution in [0.4, 0.5) is 0 Å². The van der Waals surface area contributed by atoms with E-state index in [0.29, 0.717) is 44.7 Å². The standard InChI is InChI=1S/C23H16N4O4/c1-27-22-16(10-24-27)19(21-20(26-22)14-5-3-12(28)9-18(14)31-21)15-8-11-7-13(30-2)4-6-17(11)25-23(15)29/h3-10,24H,1-2H3,(H,25,29). The first-order valence-corrected chi connectivity index (χ1v) is 9.65. The van der Waals surface area contributed by atoms with Crippen molar-refractivity contribution in [2.75, 3.05) is 7.11 Å². The first kappa shape index (κ1) is 17.5. The molecule has 6 aromatic rings. The molecule has 4 aromatic heterocycles. The molecule has 8 heteroatoms. The maximum absolute atomic E-state index is 13.1. The summed E-state index contributed by atoms with van der Waals surface area (Å²) in [5, 5.41) is 5.40. The number of hydrogen-bond acceptors (Lipinski definition) is 5. The summed E-state index contributed by atoms with van der Waals surface area (Å²) < 4.78 is 13.2. The summed E-state index contributed by atoms with van der Waals surface area (Å²) in [6.07, 6.45) is 1.79. The minimum absolute atomic E-state index is 0.151. The van der Waals surface area contributed by atoms with Crippen LogP contribution in [-0.2, 0) is 7.05 Å². The van der Waals surface area contributed by atoms with Crippen molar-refractivity contribution in [2.45, 2.75) is 0 Å². The lowest BCUT2D eigenvalue weighted by atomic mass is 10.0. The van der Waals surface area contributed by atoms with Gasteiger partial charge in [0, 0.05) is 46.5 Å². The summed E-state index contributed by atoms with van der Waals surface area (Å²) in [4.78, 5) is 32.7. The van der Waals surface area contributed by atoms with Crippen LogP contribution in [0, 0.1) is 0 Å². The first-order valence-electron chi connectivity index (χ1n) is 9.65. The van der Waals surface area contributed by atoms with Crippen LogP contribution in [0.5, 0.6) is 5.75 Å². The van der Waals surface area contributed by atoms with Gasteiger partial charge in [0.25, 0.3) is 5.56 Å². The van der Waals surface area contributed by atoms with E-state index in [9.17, 15) is 9.59 Å². The van der Waals surface area contributed by atoms with Crippen molar-refractivity contribution in [1.82, 2.24) is 19.7 Å². The number of furan rings is 1. The lowest BCUT2D eigenvalue weighted by Crippen LogP contribution is -2.09. The average Bonchev–Trinajstić information content (AvgIpc) is 3.31. The number of nitrogens with zero attached hydrogens (tertiary/aromatic N) is 2. The van der Waals surface area contributed by atoms with E-state index in [1.165, 1.54) is 12.1 Å². The molecule has 0 saturated carbocycles. The largest absolute Gasteiger partial charge is 0.497 e. The Hall–Kier alpha value is -4.33. The zero-order valence-electron chi connectivity index (χ0n) is 16.6. The summed E-state index contributed by atoms with van der Waals surface area (Å²) >= 11 is 0. The summed E-state index contributed by atoms with van der Waals surface area (Å²) in [7, 11) is 3.45. The fourth-order valence-electron chi connectivity index (χ4n) is 4.12. The number of aromatic nitrogens is 4. The van der Waals surface area contributed by atoms with Crippen LogP contribution in [-0.4, -0.2) is 26.9 Å². The Kier molecular flexibility index (Phi) is 3.44. The van der Waals surface area contributed by atoms with Crippen molar-refractivity contribution < 1.29 is 9.15 Å². The number of ether oxygens (including phenoxy) is 1. The number of rotatable bonds is 2. The fraction of sp³-hybridized carbons (Fsp3) is 0.0870. The average molecular weight is 412 g/mol. The molecule has 0 aliphatic heterocycles. The highest BCUT2D eigenvalue weighted by atomic mass is 16.5. The Labute approximate surface area is 173 Å². The minimum atomic E-state index is -0.250. The number of fused-ring (bicyclic) bond motifs is 5. The number of aryl methyl sites for hydroxylation is 1. The second kappa shape index (κ2) is 6.09. The topological polar surface area (TPSA) is 106 Å². The number of H-pyrrole nitrogens is 2. The van der Waals surface area contributed by atoms with Gasteiger partial charge in [-0.25, -0.2) is 4.98 Å². The quantitative estimate of drug-likeness (QED) is 0.451. The number of methoxy groups -OCH3 is 1. The Morgan fingerprint density at radius 2 is 1.94 bits per heavy atom. The summed E-state index contributed by atoms with van der Waals surface area (Å²) in [6, 6.07) is 11.9. The molecule has 0 aliphatic carbocycles. The third-order valence-corrected chi connectivity index (χ3v) is 5.63. The molecule has 0 atom stereocenters. The van der Waals surface area contributed by atoms with Crippen LogP contribution < -0.4 is 15.7 Å². The zero-order valence-corrected chi connectivity index (χ0v) is 16.6. The molecule has 0 bridgehead atoms. The molecule has 2 aromatic carbocycles. The Balaban J connectivity index is 1.81. The molecule has 8 nitrogen and oxygen atoms in total. The first-order chi connectivity index (χ1) is 15.0. The molecule has 0 aliphatic rings. The SMILES string of the molecule is COc1ccc2[nH]c(=O)c(-c3c4c[nH]n(C)c4nc4c3oc3cc(=O)ccc34)cc2c1. The summed E-state index contributed by atoms with van der Waals surface area (Å²) in [5.41, 5.74) is 3.53. The van der Waals surface area contributed by atoms with Gasteiger partial charge in [-0.15, -0.1) is 0 Å². The van der Waals surface area contributed by atoms with Crippen molar-refractivity contribution in [3.05, 3.63) is 69.2 Å². The molecule has 0 unspecified atom stereocenters. The van der Waals surface area contributed by atoms with Crippen LogP contribution in [0.25, 0.3) is 55.1 Å². The van der Waals surface area contributed by atoms with E-state index in [1.807, 2.05) is 25.2 Å². The highest BCUT2D eigenvalue weighted by Crippen LogP contribution is 2.38. The third-order valence-electron chi connectivity index (χ3n) is 5.63. The van der Waals surface area contributed by atoms with Crippen molar-refractivity contribution >= 4 is 44.0 Å². The molecule has 0 saturated heterocycles. The predicted molar refractivity (Wildman–Crippen MR) is 119 cm³/mol. The lowest BCUT2D eigenvalue weighted by Gasteiger charge is -2.08. The molecule has 152 valence electrons. The van der Waals surface area contributed by atoms with Gasteiger partial charge in [-0.3, -0.25) is 14.3 Å². The van der Waals surface area contributed by atoms with E-state index in [-0.39, 0.29) is 11.0 Å². The zero-order chi connectivity index (χ0) is 21.3. The lowest BCUT2D eigenvalue weighted by molar-refractivity contribution is 0.415. The number of nitrogens with one attached hydrogen (secondary N) is 2. The molecule has 0 amide bonds. The maximum atomic E-state index is 13.1. The summed E-state index contributed by atoms with van der Waals surface area (Å²) in [5.74, 6) is 0.690. The van der Waals surface area contributed by atoms with Gasteiger partial charge in [-0.1, -0.05) is 0 Å². The van der Waals surface area contributed by atoms with Crippen molar-refractivity contribution in [3.8, 4) is 16.9 Å². The Morgan fingerprint density at radius 3 is 2.77 bits per heavy atom. The molecule has 6 rings (SSSR count). The number of aromatic amines is 2. The third kappa shape index (κ3) is 2.45. The van der Waals surface area contributed by atoms with E-state index in [0.717, 1.165) is 16.2 Å². The molecule has 2 N–H and O–H groups in total. The van der Waals surface area contributed by atoms with E-state index in [2.05, 4.69) is 10.1 Å². The van der Waals surface area contributed by atoms with E-state index in [1.54, 1.807) is 30.1 Å². The molecule has 0 radical (unpaired) electrons. The van der Waals surface area contributed by atoms with Gasteiger partial charge in [0.2, 0.25) is 0 Å². The van der Waals surface area contributed by atoms with Gasteiger partial charge >= 0.3 is 0 Å². The van der Waals surface area contributed by atoms with E-state index >= 15 is 0 Å². The summed E-state index contributed by atoms with van der Waals surface area (Å²) in [6.45, 7) is 0. The Bertz CT molecular complexity index is 1790. The molecular weight excluding hydrogens is 396 g/mol. The van der Waals surface area contributed by atoms with Gasteiger partial charge in [0.1, 0.15) is 16.8 Å². The molecule has 31 heavy (non-hydrogen) atoms. The highest BCUT2D eigenvalue weighted by Gasteiger charge is 2.22. The van der Waals surface area contributed by atoms with Crippen LogP contribution >= 0.6 is 0 Å². The number of pyridine rings is 2. The smallest absolute Gasteiger partial charge is 0.256 e. The highest BCUT2D eigenvalue weighted by molar-refractivity contribution is 6.14. The monoisotopic (exact) mass is 412 g/mol. The normalized spacial score (nSPS) is 11.8. The molecule has 4 heterocycles. The number of benzene rings is 2. The molecule has 0 fully saturated rings. The van der Waals surface area contributed by atoms with Crippen LogP contribution in [0.1, 0.15) is 0 Å². The minimum Gasteiger partial charge on any atom is -0.497 e. The van der Waals surface area contributed by atoms with Gasteiger partial charge in [-0.2, -0.15) is 0 Å². The second-order valence-electron chi connectivity index (χ2n) is 7.46. The van der Waals surface area contributed by atoms with Crippen LogP contribution in [0.3, 0.4) is 0 Å².